The van der Waals surface area contributed by atoms with Gasteiger partial charge in [0.1, 0.15) is 12.4 Å². The van der Waals surface area contributed by atoms with Gasteiger partial charge in [-0.2, -0.15) is 5.10 Å². The summed E-state index contributed by atoms with van der Waals surface area (Å²) >= 11 is 0. The van der Waals surface area contributed by atoms with E-state index in [2.05, 4.69) is 5.32 Å². The standard InChI is InChI=1S/C28H36N4O2/c1-19(2)31(25(34)17-28(5,6)7)18-24(33)29-27-26(22-11-9-8-10-12-22)21(4)30-32(27)23-15-13-20(3)14-16-23/h8-16,19H,17-18H2,1-7H3,(H,29,33). The second-order valence-electron chi connectivity index (χ2n) is 10.3. The molecule has 6 heteroatoms. The number of aryl methyl sites for hydroxylation is 2. The van der Waals surface area contributed by atoms with Crippen LogP contribution >= 0.6 is 0 Å². The minimum Gasteiger partial charge on any atom is -0.331 e. The van der Waals surface area contributed by atoms with Gasteiger partial charge < -0.3 is 10.2 Å². The van der Waals surface area contributed by atoms with Crippen molar-refractivity contribution in [3.05, 3.63) is 65.9 Å². The van der Waals surface area contributed by atoms with Crippen LogP contribution in [-0.4, -0.2) is 39.1 Å². The molecule has 1 heterocycles. The Morgan fingerprint density at radius 3 is 2.18 bits per heavy atom. The molecule has 0 fully saturated rings. The van der Waals surface area contributed by atoms with Gasteiger partial charge in [-0.1, -0.05) is 68.8 Å². The van der Waals surface area contributed by atoms with Crippen LogP contribution in [0.2, 0.25) is 0 Å². The number of hydrogen-bond donors (Lipinski definition) is 1. The van der Waals surface area contributed by atoms with Crippen molar-refractivity contribution in [1.29, 1.82) is 0 Å². The Morgan fingerprint density at radius 1 is 1.00 bits per heavy atom. The molecule has 34 heavy (non-hydrogen) atoms. The lowest BCUT2D eigenvalue weighted by molar-refractivity contribution is -0.138. The Hall–Kier alpha value is -3.41. The molecule has 0 atom stereocenters. The third-order valence-corrected chi connectivity index (χ3v) is 5.60. The lowest BCUT2D eigenvalue weighted by Gasteiger charge is -2.29. The number of carbonyl (C=O) groups excluding carboxylic acids is 2. The van der Waals surface area contributed by atoms with Gasteiger partial charge in [-0.3, -0.25) is 9.59 Å². The summed E-state index contributed by atoms with van der Waals surface area (Å²) in [7, 11) is 0. The van der Waals surface area contributed by atoms with E-state index in [0.29, 0.717) is 12.2 Å². The average molecular weight is 461 g/mol. The molecule has 3 rings (SSSR count). The molecule has 0 bridgehead atoms. The first-order valence-electron chi connectivity index (χ1n) is 11.8. The van der Waals surface area contributed by atoms with Crippen molar-refractivity contribution in [2.45, 2.75) is 60.9 Å². The molecule has 0 unspecified atom stereocenters. The number of carbonyl (C=O) groups is 2. The smallest absolute Gasteiger partial charge is 0.245 e. The molecule has 0 aliphatic heterocycles. The molecule has 0 aliphatic rings. The molecular weight excluding hydrogens is 424 g/mol. The Labute approximate surface area is 203 Å². The summed E-state index contributed by atoms with van der Waals surface area (Å²) in [5, 5.41) is 7.84. The van der Waals surface area contributed by atoms with E-state index in [1.54, 1.807) is 9.58 Å². The van der Waals surface area contributed by atoms with Gasteiger partial charge in [0.2, 0.25) is 11.8 Å². The van der Waals surface area contributed by atoms with Gasteiger partial charge in [0.25, 0.3) is 0 Å². The molecule has 6 nitrogen and oxygen atoms in total. The minimum absolute atomic E-state index is 0.0149. The third-order valence-electron chi connectivity index (χ3n) is 5.60. The molecule has 3 aromatic rings. The Kier molecular flexibility index (Phi) is 7.60. The van der Waals surface area contributed by atoms with Crippen molar-refractivity contribution in [1.82, 2.24) is 14.7 Å². The first-order valence-corrected chi connectivity index (χ1v) is 11.8. The Morgan fingerprint density at radius 2 is 1.62 bits per heavy atom. The lowest BCUT2D eigenvalue weighted by Crippen LogP contribution is -2.43. The van der Waals surface area contributed by atoms with Gasteiger partial charge in [0, 0.05) is 18.0 Å². The van der Waals surface area contributed by atoms with Crippen molar-refractivity contribution < 1.29 is 9.59 Å². The zero-order valence-corrected chi connectivity index (χ0v) is 21.3. The van der Waals surface area contributed by atoms with Crippen molar-refractivity contribution in [3.63, 3.8) is 0 Å². The largest absolute Gasteiger partial charge is 0.331 e. The fourth-order valence-corrected chi connectivity index (χ4v) is 3.91. The van der Waals surface area contributed by atoms with E-state index in [4.69, 9.17) is 5.10 Å². The highest BCUT2D eigenvalue weighted by atomic mass is 16.2. The van der Waals surface area contributed by atoms with E-state index < -0.39 is 0 Å². The fraction of sp³-hybridized carbons (Fsp3) is 0.393. The monoisotopic (exact) mass is 460 g/mol. The highest BCUT2D eigenvalue weighted by Gasteiger charge is 2.26. The molecule has 2 amide bonds. The molecule has 1 aromatic heterocycles. The predicted octanol–water partition coefficient (Wildman–Crippen LogP) is 5.77. The summed E-state index contributed by atoms with van der Waals surface area (Å²) in [5.74, 6) is 0.329. The SMILES string of the molecule is Cc1ccc(-n2nc(C)c(-c3ccccc3)c2NC(=O)CN(C(=O)CC(C)(C)C)C(C)C)cc1. The maximum atomic E-state index is 13.3. The van der Waals surface area contributed by atoms with E-state index >= 15 is 0 Å². The normalized spacial score (nSPS) is 11.5. The van der Waals surface area contributed by atoms with Crippen LogP contribution in [0.4, 0.5) is 5.82 Å². The van der Waals surface area contributed by atoms with Gasteiger partial charge in [-0.15, -0.1) is 0 Å². The molecule has 0 aliphatic carbocycles. The van der Waals surface area contributed by atoms with Crippen LogP contribution in [0.3, 0.4) is 0 Å². The Bertz CT molecular complexity index is 1140. The fourth-order valence-electron chi connectivity index (χ4n) is 3.91. The number of amides is 2. The summed E-state index contributed by atoms with van der Waals surface area (Å²) in [6, 6.07) is 17.8. The van der Waals surface area contributed by atoms with Crippen molar-refractivity contribution in [2.75, 3.05) is 11.9 Å². The lowest BCUT2D eigenvalue weighted by atomic mass is 9.91. The predicted molar refractivity (Wildman–Crippen MR) is 138 cm³/mol. The zero-order chi connectivity index (χ0) is 25.0. The quantitative estimate of drug-likeness (QED) is 0.487. The van der Waals surface area contributed by atoms with Crippen LogP contribution in [0.1, 0.15) is 52.3 Å². The van der Waals surface area contributed by atoms with Crippen LogP contribution in [0.5, 0.6) is 0 Å². The summed E-state index contributed by atoms with van der Waals surface area (Å²) in [6.45, 7) is 13.9. The number of nitrogens with zero attached hydrogens (tertiary/aromatic N) is 3. The first kappa shape index (κ1) is 25.2. The topological polar surface area (TPSA) is 67.2 Å². The number of rotatable bonds is 7. The van der Waals surface area contributed by atoms with Crippen LogP contribution < -0.4 is 5.32 Å². The second kappa shape index (κ2) is 10.2. The van der Waals surface area contributed by atoms with Gasteiger partial charge in [0.05, 0.1) is 11.4 Å². The van der Waals surface area contributed by atoms with Crippen LogP contribution in [0.15, 0.2) is 54.6 Å². The third kappa shape index (κ3) is 6.13. The van der Waals surface area contributed by atoms with E-state index in [-0.39, 0.29) is 29.8 Å². The molecule has 2 aromatic carbocycles. The highest BCUT2D eigenvalue weighted by molar-refractivity contribution is 5.98. The maximum Gasteiger partial charge on any atom is 0.245 e. The van der Waals surface area contributed by atoms with Crippen molar-refractivity contribution >= 4 is 17.6 Å². The van der Waals surface area contributed by atoms with E-state index in [1.807, 2.05) is 103 Å². The minimum atomic E-state index is -0.249. The van der Waals surface area contributed by atoms with Crippen molar-refractivity contribution in [3.8, 4) is 16.8 Å². The molecule has 1 N–H and O–H groups in total. The maximum absolute atomic E-state index is 13.3. The van der Waals surface area contributed by atoms with Gasteiger partial charge in [0.15, 0.2) is 0 Å². The van der Waals surface area contributed by atoms with Crippen LogP contribution in [-0.2, 0) is 9.59 Å². The number of benzene rings is 2. The number of nitrogens with one attached hydrogen (secondary N) is 1. The average Bonchev–Trinajstić information content (AvgIpc) is 3.07. The zero-order valence-electron chi connectivity index (χ0n) is 21.3. The second-order valence-corrected chi connectivity index (χ2v) is 10.3. The van der Waals surface area contributed by atoms with Gasteiger partial charge in [-0.25, -0.2) is 4.68 Å². The van der Waals surface area contributed by atoms with E-state index in [1.165, 1.54) is 0 Å². The summed E-state index contributed by atoms with van der Waals surface area (Å²) in [6.07, 6.45) is 0.383. The van der Waals surface area contributed by atoms with Crippen molar-refractivity contribution in [2.24, 2.45) is 5.41 Å². The van der Waals surface area contributed by atoms with E-state index in [0.717, 1.165) is 28.1 Å². The summed E-state index contributed by atoms with van der Waals surface area (Å²) in [5.41, 5.74) is 4.50. The highest BCUT2D eigenvalue weighted by Crippen LogP contribution is 2.33. The van der Waals surface area contributed by atoms with E-state index in [9.17, 15) is 9.59 Å². The van der Waals surface area contributed by atoms with Gasteiger partial charge >= 0.3 is 0 Å². The molecule has 180 valence electrons. The van der Waals surface area contributed by atoms with Crippen LogP contribution in [0, 0.1) is 19.3 Å². The molecule has 0 saturated heterocycles. The molecular formula is C28H36N4O2. The molecule has 0 spiro atoms. The summed E-state index contributed by atoms with van der Waals surface area (Å²) < 4.78 is 1.77. The summed E-state index contributed by atoms with van der Waals surface area (Å²) in [4.78, 5) is 27.9. The molecule has 0 radical (unpaired) electrons. The Balaban J connectivity index is 1.98. The number of anilines is 1. The first-order chi connectivity index (χ1) is 16.0. The number of aromatic nitrogens is 2. The van der Waals surface area contributed by atoms with Crippen LogP contribution in [0.25, 0.3) is 16.8 Å². The van der Waals surface area contributed by atoms with Gasteiger partial charge in [-0.05, 0) is 50.8 Å². The number of hydrogen-bond acceptors (Lipinski definition) is 3. The molecule has 0 saturated carbocycles.